The van der Waals surface area contributed by atoms with E-state index in [0.717, 1.165) is 50.5 Å². The fourth-order valence-corrected chi connectivity index (χ4v) is 6.21. The molecule has 0 unspecified atom stereocenters. The lowest BCUT2D eigenvalue weighted by Crippen LogP contribution is -2.50. The Morgan fingerprint density at radius 1 is 1.15 bits per heavy atom. The van der Waals surface area contributed by atoms with Gasteiger partial charge in [0.25, 0.3) is 11.8 Å². The molecule has 2 fully saturated rings. The van der Waals surface area contributed by atoms with Gasteiger partial charge in [0.05, 0.1) is 24.7 Å². The maximum atomic E-state index is 14.2. The molecule has 9 nitrogen and oxygen atoms in total. The smallest absolute Gasteiger partial charge is 0.275 e. The molecule has 0 radical (unpaired) electrons. The van der Waals surface area contributed by atoms with E-state index in [1.165, 1.54) is 0 Å². The first-order valence-electron chi connectivity index (χ1n) is 13.6. The molecule has 2 aliphatic heterocycles. The molecule has 39 heavy (non-hydrogen) atoms. The second-order valence-corrected chi connectivity index (χ2v) is 11.0. The van der Waals surface area contributed by atoms with Gasteiger partial charge in [-0.25, -0.2) is 4.99 Å². The van der Waals surface area contributed by atoms with Crippen LogP contribution in [0.25, 0.3) is 0 Å². The number of nitrogens with zero attached hydrogens (tertiary/aromatic N) is 5. The first kappa shape index (κ1) is 25.7. The average molecular weight is 547 g/mol. The fraction of sp³-hybridized carbons (Fsp3) is 0.448. The number of amides is 2. The van der Waals surface area contributed by atoms with Crippen molar-refractivity contribution in [3.8, 4) is 5.75 Å². The van der Waals surface area contributed by atoms with Gasteiger partial charge in [-0.15, -0.1) is 5.11 Å². The van der Waals surface area contributed by atoms with Crippen molar-refractivity contribution in [1.82, 2.24) is 10.2 Å². The molecule has 2 aromatic rings. The molecule has 1 atom stereocenters. The standard InChI is InChI=1S/C29H31ClN6O3/c1-39-23-12-11-21(15-22(23)30)25-28(38)36(29(34-25)13-3-2-4-14-29)26(18-5-6-18)19-7-9-20(10-8-19)27(37)31-16-24-32-17-33-35-24/h7-12,15,18,26H,2-6,13-14,16-17H2,1H3,(H,31,37)/t26-/m1/s1. The van der Waals surface area contributed by atoms with Gasteiger partial charge in [0.2, 0.25) is 0 Å². The minimum atomic E-state index is -0.559. The number of rotatable bonds is 8. The maximum absolute atomic E-state index is 14.2. The molecule has 0 aromatic heterocycles. The number of benzene rings is 2. The number of ether oxygens (including phenoxy) is 1. The van der Waals surface area contributed by atoms with Crippen molar-refractivity contribution < 1.29 is 14.3 Å². The van der Waals surface area contributed by atoms with E-state index >= 15 is 0 Å². The number of amidine groups is 1. The number of methoxy groups -OCH3 is 1. The molecule has 1 spiro atoms. The Morgan fingerprint density at radius 3 is 2.56 bits per heavy atom. The third kappa shape index (κ3) is 4.95. The Balaban J connectivity index is 1.29. The molecule has 4 aliphatic rings. The SMILES string of the molecule is COc1ccc(C2=NC3(CCCCC3)N([C@@H](c3ccc(C(=O)NCC4=NCN=N4)cc3)C3CC3)C2=O)cc1Cl. The lowest BCUT2D eigenvalue weighted by molar-refractivity contribution is -0.133. The summed E-state index contributed by atoms with van der Waals surface area (Å²) in [5.41, 5.74) is 2.21. The summed E-state index contributed by atoms with van der Waals surface area (Å²) in [5, 5.41) is 11.0. The van der Waals surface area contributed by atoms with Gasteiger partial charge in [-0.2, -0.15) is 5.11 Å². The molecule has 6 rings (SSSR count). The second kappa shape index (κ2) is 10.5. The van der Waals surface area contributed by atoms with Gasteiger partial charge in [-0.05, 0) is 80.3 Å². The molecule has 202 valence electrons. The van der Waals surface area contributed by atoms with E-state index in [1.807, 2.05) is 30.3 Å². The number of hydrogen-bond donors (Lipinski definition) is 1. The fourth-order valence-electron chi connectivity index (χ4n) is 5.96. The van der Waals surface area contributed by atoms with Crippen molar-refractivity contribution in [2.24, 2.45) is 26.1 Å². The highest BCUT2D eigenvalue weighted by atomic mass is 35.5. The maximum Gasteiger partial charge on any atom is 0.275 e. The van der Waals surface area contributed by atoms with Crippen molar-refractivity contribution in [1.29, 1.82) is 0 Å². The van der Waals surface area contributed by atoms with E-state index in [4.69, 9.17) is 21.3 Å². The van der Waals surface area contributed by atoms with Crippen molar-refractivity contribution in [2.45, 2.75) is 56.7 Å². The Labute approximate surface area is 232 Å². The zero-order chi connectivity index (χ0) is 27.0. The summed E-state index contributed by atoms with van der Waals surface area (Å²) in [6.07, 6.45) is 7.03. The van der Waals surface area contributed by atoms with Gasteiger partial charge < -0.3 is 15.0 Å². The summed E-state index contributed by atoms with van der Waals surface area (Å²) in [6.45, 7) is 0.561. The van der Waals surface area contributed by atoms with Crippen LogP contribution in [0.3, 0.4) is 0 Å². The van der Waals surface area contributed by atoms with Crippen LogP contribution in [0.5, 0.6) is 5.75 Å². The van der Waals surface area contributed by atoms with Gasteiger partial charge >= 0.3 is 0 Å². The van der Waals surface area contributed by atoms with Crippen LogP contribution >= 0.6 is 11.6 Å². The summed E-state index contributed by atoms with van der Waals surface area (Å²) in [6, 6.07) is 12.9. The van der Waals surface area contributed by atoms with Crippen molar-refractivity contribution in [3.63, 3.8) is 0 Å². The highest BCUT2D eigenvalue weighted by molar-refractivity contribution is 6.47. The van der Waals surface area contributed by atoms with Crippen LogP contribution in [0.15, 0.2) is 62.7 Å². The Morgan fingerprint density at radius 2 is 1.92 bits per heavy atom. The predicted molar refractivity (Wildman–Crippen MR) is 149 cm³/mol. The number of hydrogen-bond acceptors (Lipinski definition) is 7. The number of carbonyl (C=O) groups is 2. The van der Waals surface area contributed by atoms with Crippen LogP contribution in [-0.2, 0) is 4.79 Å². The number of aliphatic imine (C=N–C) groups is 2. The molecule has 2 heterocycles. The lowest BCUT2D eigenvalue weighted by atomic mass is 9.86. The molecule has 2 saturated carbocycles. The minimum Gasteiger partial charge on any atom is -0.495 e. The molecular formula is C29H31ClN6O3. The topological polar surface area (TPSA) is 108 Å². The van der Waals surface area contributed by atoms with E-state index in [2.05, 4.69) is 25.4 Å². The van der Waals surface area contributed by atoms with Gasteiger partial charge in [0, 0.05) is 11.1 Å². The molecule has 2 aliphatic carbocycles. The average Bonchev–Trinajstić information content (AvgIpc) is 3.59. The van der Waals surface area contributed by atoms with Crippen molar-refractivity contribution in [2.75, 3.05) is 20.3 Å². The summed E-state index contributed by atoms with van der Waals surface area (Å²) in [5.74, 6) is 1.21. The predicted octanol–water partition coefficient (Wildman–Crippen LogP) is 5.34. The van der Waals surface area contributed by atoms with Crippen LogP contribution in [0.1, 0.15) is 72.5 Å². The van der Waals surface area contributed by atoms with Gasteiger partial charge in [-0.3, -0.25) is 14.6 Å². The van der Waals surface area contributed by atoms with E-state index in [9.17, 15) is 9.59 Å². The molecular weight excluding hydrogens is 516 g/mol. The second-order valence-electron chi connectivity index (χ2n) is 10.6. The van der Waals surface area contributed by atoms with Gasteiger partial charge in [0.15, 0.2) is 12.5 Å². The quantitative estimate of drug-likeness (QED) is 0.482. The Kier molecular flexibility index (Phi) is 6.93. The number of halogens is 1. The van der Waals surface area contributed by atoms with E-state index in [1.54, 1.807) is 19.2 Å². The van der Waals surface area contributed by atoms with Gasteiger partial charge in [-0.1, -0.05) is 30.2 Å². The lowest BCUT2D eigenvalue weighted by Gasteiger charge is -2.44. The molecule has 0 bridgehead atoms. The molecule has 1 N–H and O–H groups in total. The van der Waals surface area contributed by atoms with Crippen LogP contribution in [0.4, 0.5) is 0 Å². The molecule has 2 amide bonds. The number of nitrogens with one attached hydrogen (secondary N) is 1. The van der Waals surface area contributed by atoms with Crippen LogP contribution in [0.2, 0.25) is 5.02 Å². The minimum absolute atomic E-state index is 0.0524. The molecule has 2 aromatic carbocycles. The van der Waals surface area contributed by atoms with E-state index < -0.39 is 5.66 Å². The normalized spacial score (nSPS) is 20.7. The highest BCUT2D eigenvalue weighted by Crippen LogP contribution is 2.52. The van der Waals surface area contributed by atoms with Crippen LogP contribution < -0.4 is 10.1 Å². The summed E-state index contributed by atoms with van der Waals surface area (Å²) in [7, 11) is 1.57. The zero-order valence-electron chi connectivity index (χ0n) is 21.9. The number of azo groups is 1. The van der Waals surface area contributed by atoms with Gasteiger partial charge in [0.1, 0.15) is 17.1 Å². The van der Waals surface area contributed by atoms with Crippen LogP contribution in [-0.4, -0.2) is 54.2 Å². The third-order valence-corrected chi connectivity index (χ3v) is 8.34. The monoisotopic (exact) mass is 546 g/mol. The summed E-state index contributed by atoms with van der Waals surface area (Å²) < 4.78 is 5.31. The Bertz CT molecular complexity index is 1380. The molecule has 0 saturated heterocycles. The Hall–Kier alpha value is -3.59. The van der Waals surface area contributed by atoms with Crippen molar-refractivity contribution >= 4 is 35.0 Å². The number of carbonyl (C=O) groups excluding carboxylic acids is 2. The molecule has 10 heteroatoms. The first-order valence-corrected chi connectivity index (χ1v) is 13.9. The highest BCUT2D eigenvalue weighted by Gasteiger charge is 2.53. The van der Waals surface area contributed by atoms with E-state index in [-0.39, 0.29) is 24.4 Å². The first-order chi connectivity index (χ1) is 19.0. The van der Waals surface area contributed by atoms with Crippen LogP contribution in [0, 0.1) is 5.92 Å². The largest absolute Gasteiger partial charge is 0.495 e. The summed E-state index contributed by atoms with van der Waals surface area (Å²) in [4.78, 5) is 38.3. The zero-order valence-corrected chi connectivity index (χ0v) is 22.7. The van der Waals surface area contributed by atoms with E-state index in [0.29, 0.717) is 46.0 Å². The van der Waals surface area contributed by atoms with Crippen molar-refractivity contribution in [3.05, 3.63) is 64.2 Å². The third-order valence-electron chi connectivity index (χ3n) is 8.04. The summed E-state index contributed by atoms with van der Waals surface area (Å²) >= 11 is 6.43.